The molecule has 1 unspecified atom stereocenters. The number of benzene rings is 1. The summed E-state index contributed by atoms with van der Waals surface area (Å²) in [6.07, 6.45) is 6.00. The summed E-state index contributed by atoms with van der Waals surface area (Å²) in [5.41, 5.74) is 3.20. The number of aliphatic hydroxyl groups is 1. The van der Waals surface area contributed by atoms with Gasteiger partial charge in [-0.3, -0.25) is 0 Å². The average molecular weight is 198 g/mol. The van der Waals surface area contributed by atoms with E-state index in [2.05, 4.69) is 12.7 Å². The fourth-order valence-corrected chi connectivity index (χ4v) is 1.84. The van der Waals surface area contributed by atoms with Gasteiger partial charge in [-0.2, -0.15) is 0 Å². The van der Waals surface area contributed by atoms with Gasteiger partial charge in [0.15, 0.2) is 0 Å². The van der Waals surface area contributed by atoms with E-state index in [1.54, 1.807) is 0 Å². The maximum absolute atomic E-state index is 9.18. The van der Waals surface area contributed by atoms with Gasteiger partial charge in [0.25, 0.3) is 0 Å². The molecule has 0 aromatic heterocycles. The number of aliphatic hydroxyl groups excluding tert-OH is 1. The van der Waals surface area contributed by atoms with Gasteiger partial charge >= 0.3 is 0 Å². The second-order valence-corrected chi connectivity index (χ2v) is 3.65. The quantitative estimate of drug-likeness (QED) is 0.791. The summed E-state index contributed by atoms with van der Waals surface area (Å²) in [4.78, 5) is 0. The van der Waals surface area contributed by atoms with E-state index in [-0.39, 0.29) is 12.5 Å². The van der Waals surface area contributed by atoms with Crippen LogP contribution in [0.5, 0.6) is 0 Å². The van der Waals surface area contributed by atoms with Crippen LogP contribution in [0.2, 0.25) is 0 Å². The van der Waals surface area contributed by atoms with Gasteiger partial charge in [-0.1, -0.05) is 55.1 Å². The molecule has 1 N–H and O–H groups in total. The molecule has 1 aliphatic carbocycles. The van der Waals surface area contributed by atoms with Crippen LogP contribution < -0.4 is 0 Å². The number of hydrogen-bond donors (Lipinski definition) is 1. The van der Waals surface area contributed by atoms with Crippen LogP contribution in [-0.4, -0.2) is 11.7 Å². The fraction of sp³-hybridized carbons (Fsp3) is 0.143. The molecule has 0 saturated heterocycles. The van der Waals surface area contributed by atoms with E-state index in [0.29, 0.717) is 0 Å². The minimum Gasteiger partial charge on any atom is -0.392 e. The third-order valence-electron chi connectivity index (χ3n) is 2.72. The molecule has 2 rings (SSSR count). The molecule has 76 valence electrons. The summed E-state index contributed by atoms with van der Waals surface area (Å²) in [6, 6.07) is 10.1. The Morgan fingerprint density at radius 3 is 2.67 bits per heavy atom. The molecule has 0 amide bonds. The van der Waals surface area contributed by atoms with Crippen molar-refractivity contribution in [1.82, 2.24) is 0 Å². The molecule has 0 radical (unpaired) electrons. The summed E-state index contributed by atoms with van der Waals surface area (Å²) in [6.45, 7) is 4.20. The zero-order valence-corrected chi connectivity index (χ0v) is 8.56. The van der Waals surface area contributed by atoms with Gasteiger partial charge in [0.1, 0.15) is 0 Å². The molecular formula is C14H14O. The van der Waals surface area contributed by atoms with Crippen molar-refractivity contribution in [1.29, 1.82) is 0 Å². The standard InChI is InChI=1S/C14H14O/c1-11(12-6-3-2-4-7-12)14-9-5-8-13(14)10-15/h2-9,14-15H,1,10H2. The van der Waals surface area contributed by atoms with E-state index in [4.69, 9.17) is 0 Å². The van der Waals surface area contributed by atoms with Gasteiger partial charge in [0.2, 0.25) is 0 Å². The predicted molar refractivity (Wildman–Crippen MR) is 63.3 cm³/mol. The Labute approximate surface area is 90.1 Å². The van der Waals surface area contributed by atoms with Crippen LogP contribution >= 0.6 is 0 Å². The second kappa shape index (κ2) is 4.28. The summed E-state index contributed by atoms with van der Waals surface area (Å²) in [5.74, 6) is 0.164. The highest BCUT2D eigenvalue weighted by Crippen LogP contribution is 2.31. The first-order valence-electron chi connectivity index (χ1n) is 5.05. The van der Waals surface area contributed by atoms with E-state index in [1.807, 2.05) is 42.5 Å². The van der Waals surface area contributed by atoms with Crippen LogP contribution in [0.15, 0.2) is 60.7 Å². The Bertz CT molecular complexity index is 412. The van der Waals surface area contributed by atoms with Crippen LogP contribution in [0.1, 0.15) is 5.56 Å². The molecule has 0 bridgehead atoms. The van der Waals surface area contributed by atoms with Crippen LogP contribution in [0.25, 0.3) is 5.57 Å². The molecule has 1 atom stereocenters. The Hall–Kier alpha value is -1.60. The molecule has 0 heterocycles. The van der Waals surface area contributed by atoms with Gasteiger partial charge in [-0.05, 0) is 16.7 Å². The predicted octanol–water partition coefficient (Wildman–Crippen LogP) is 2.80. The number of hydrogen-bond acceptors (Lipinski definition) is 1. The highest BCUT2D eigenvalue weighted by molar-refractivity contribution is 5.70. The van der Waals surface area contributed by atoms with Crippen LogP contribution in [0.3, 0.4) is 0 Å². The largest absolute Gasteiger partial charge is 0.392 e. The smallest absolute Gasteiger partial charge is 0.0653 e. The third kappa shape index (κ3) is 1.92. The Balaban J connectivity index is 2.23. The van der Waals surface area contributed by atoms with Gasteiger partial charge in [-0.15, -0.1) is 0 Å². The van der Waals surface area contributed by atoms with E-state index in [1.165, 1.54) is 0 Å². The number of allylic oxidation sites excluding steroid dienone is 4. The first kappa shape index (κ1) is 9.94. The highest BCUT2D eigenvalue weighted by Gasteiger charge is 2.17. The fourth-order valence-electron chi connectivity index (χ4n) is 1.84. The zero-order chi connectivity index (χ0) is 10.7. The summed E-state index contributed by atoms with van der Waals surface area (Å²) < 4.78 is 0. The molecule has 0 aliphatic heterocycles. The summed E-state index contributed by atoms with van der Waals surface area (Å²) in [5, 5.41) is 9.18. The van der Waals surface area contributed by atoms with Crippen molar-refractivity contribution in [3.05, 3.63) is 66.3 Å². The third-order valence-corrected chi connectivity index (χ3v) is 2.72. The lowest BCUT2D eigenvalue weighted by Crippen LogP contribution is -2.04. The molecule has 1 heteroatoms. The molecule has 0 spiro atoms. The van der Waals surface area contributed by atoms with Gasteiger partial charge in [-0.25, -0.2) is 0 Å². The van der Waals surface area contributed by atoms with Gasteiger partial charge in [0.05, 0.1) is 6.61 Å². The molecule has 15 heavy (non-hydrogen) atoms. The van der Waals surface area contributed by atoms with Gasteiger partial charge in [0, 0.05) is 5.92 Å². The number of rotatable bonds is 3. The van der Waals surface area contributed by atoms with Gasteiger partial charge < -0.3 is 5.11 Å². The summed E-state index contributed by atoms with van der Waals surface area (Å²) >= 11 is 0. The van der Waals surface area contributed by atoms with Crippen LogP contribution in [0, 0.1) is 5.92 Å². The van der Waals surface area contributed by atoms with E-state index in [9.17, 15) is 5.11 Å². The molecule has 1 nitrogen and oxygen atoms in total. The SMILES string of the molecule is C=C(c1ccccc1)C1C=CC=C1CO. The molecule has 1 aromatic carbocycles. The molecule has 1 aliphatic rings. The molecule has 0 saturated carbocycles. The van der Waals surface area contributed by atoms with Crippen LogP contribution in [-0.2, 0) is 0 Å². The zero-order valence-electron chi connectivity index (χ0n) is 8.56. The topological polar surface area (TPSA) is 20.2 Å². The first-order chi connectivity index (χ1) is 7.33. The van der Waals surface area contributed by atoms with Crippen molar-refractivity contribution < 1.29 is 5.11 Å². The van der Waals surface area contributed by atoms with Crippen molar-refractivity contribution in [2.75, 3.05) is 6.61 Å². The lowest BCUT2D eigenvalue weighted by atomic mass is 9.90. The van der Waals surface area contributed by atoms with E-state index in [0.717, 1.165) is 16.7 Å². The normalized spacial score (nSPS) is 19.0. The molecular weight excluding hydrogens is 184 g/mol. The average Bonchev–Trinajstić information content (AvgIpc) is 2.77. The lowest BCUT2D eigenvalue weighted by Gasteiger charge is -2.15. The van der Waals surface area contributed by atoms with Crippen molar-refractivity contribution >= 4 is 5.57 Å². The van der Waals surface area contributed by atoms with Crippen molar-refractivity contribution in [2.45, 2.75) is 0 Å². The lowest BCUT2D eigenvalue weighted by molar-refractivity contribution is 0.325. The minimum atomic E-state index is 0.101. The Morgan fingerprint density at radius 2 is 2.00 bits per heavy atom. The van der Waals surface area contributed by atoms with Crippen LogP contribution in [0.4, 0.5) is 0 Å². The Kier molecular flexibility index (Phi) is 2.84. The van der Waals surface area contributed by atoms with Crippen molar-refractivity contribution in [2.24, 2.45) is 5.92 Å². The molecule has 0 fully saturated rings. The highest BCUT2D eigenvalue weighted by atomic mass is 16.3. The van der Waals surface area contributed by atoms with Crippen molar-refractivity contribution in [3.63, 3.8) is 0 Å². The monoisotopic (exact) mass is 198 g/mol. The molecule has 1 aromatic rings. The van der Waals surface area contributed by atoms with E-state index < -0.39 is 0 Å². The summed E-state index contributed by atoms with van der Waals surface area (Å²) in [7, 11) is 0. The van der Waals surface area contributed by atoms with E-state index >= 15 is 0 Å². The maximum atomic E-state index is 9.18. The maximum Gasteiger partial charge on any atom is 0.0653 e. The van der Waals surface area contributed by atoms with Crippen molar-refractivity contribution in [3.8, 4) is 0 Å². The minimum absolute atomic E-state index is 0.101. The second-order valence-electron chi connectivity index (χ2n) is 3.65. The first-order valence-corrected chi connectivity index (χ1v) is 5.05. The Morgan fingerprint density at radius 1 is 1.27 bits per heavy atom.